The first kappa shape index (κ1) is 22.3. The molecule has 3 aliphatic rings. The molecule has 0 bridgehead atoms. The fraction of sp³-hybridized carbons (Fsp3) is 0.360. The molecule has 1 fully saturated rings. The highest BCUT2D eigenvalue weighted by Crippen LogP contribution is 2.34. The summed E-state index contributed by atoms with van der Waals surface area (Å²) in [5.41, 5.74) is 11.0. The van der Waals surface area contributed by atoms with Gasteiger partial charge in [-0.1, -0.05) is 18.2 Å². The number of hydrazine groups is 1. The van der Waals surface area contributed by atoms with Crippen molar-refractivity contribution in [3.63, 3.8) is 0 Å². The molecule has 0 radical (unpaired) electrons. The number of carbonyl (C=O) groups excluding carboxylic acids is 1. The van der Waals surface area contributed by atoms with Crippen molar-refractivity contribution in [3.8, 4) is 0 Å². The second-order valence-electron chi connectivity index (χ2n) is 9.10. The van der Waals surface area contributed by atoms with E-state index in [0.29, 0.717) is 12.0 Å². The lowest BCUT2D eigenvalue weighted by Gasteiger charge is -2.37. The van der Waals surface area contributed by atoms with Gasteiger partial charge in [0.25, 0.3) is 0 Å². The Labute approximate surface area is 197 Å². The second-order valence-corrected chi connectivity index (χ2v) is 9.10. The summed E-state index contributed by atoms with van der Waals surface area (Å²) in [4.78, 5) is 14.4. The largest absolute Gasteiger partial charge is 0.352 e. The summed E-state index contributed by atoms with van der Waals surface area (Å²) < 4.78 is 26.6. The maximum atomic E-state index is 13.3. The Morgan fingerprint density at radius 3 is 2.68 bits per heavy atom. The van der Waals surface area contributed by atoms with Gasteiger partial charge in [-0.05, 0) is 54.7 Å². The van der Waals surface area contributed by atoms with E-state index in [9.17, 15) is 13.6 Å². The first-order chi connectivity index (χ1) is 16.4. The van der Waals surface area contributed by atoms with Crippen LogP contribution in [0.5, 0.6) is 0 Å². The van der Waals surface area contributed by atoms with Gasteiger partial charge in [-0.2, -0.15) is 5.10 Å². The van der Waals surface area contributed by atoms with Gasteiger partial charge in [-0.3, -0.25) is 10.2 Å². The lowest BCUT2D eigenvalue weighted by atomic mass is 9.97. The predicted molar refractivity (Wildman–Crippen MR) is 125 cm³/mol. The Bertz CT molecular complexity index is 1150. The third kappa shape index (κ3) is 4.48. The van der Waals surface area contributed by atoms with Crippen molar-refractivity contribution < 1.29 is 13.6 Å². The van der Waals surface area contributed by atoms with Gasteiger partial charge >= 0.3 is 0 Å². The topological polar surface area (TPSA) is 72.0 Å². The Morgan fingerprint density at radius 2 is 1.91 bits per heavy atom. The number of nitrogens with zero attached hydrogens (tertiary/aromatic N) is 3. The molecule has 1 amide bonds. The molecule has 2 aromatic carbocycles. The van der Waals surface area contributed by atoms with Crippen LogP contribution in [0.25, 0.3) is 0 Å². The monoisotopic (exact) mass is 466 g/mol. The molecule has 34 heavy (non-hydrogen) atoms. The SMILES string of the molecule is Cc1ccc(C2CC3C4NN=C(CCC(=O)NCc5cc(F)cc(F)c5)N4C=CN3N2)cc1C. The third-order valence-electron chi connectivity index (χ3n) is 6.74. The lowest BCUT2D eigenvalue weighted by molar-refractivity contribution is -0.121. The molecule has 5 rings (SSSR count). The van der Waals surface area contributed by atoms with Gasteiger partial charge in [-0.25, -0.2) is 14.2 Å². The number of hydrogen-bond donors (Lipinski definition) is 3. The fourth-order valence-corrected chi connectivity index (χ4v) is 4.74. The number of amidine groups is 1. The van der Waals surface area contributed by atoms with Crippen molar-refractivity contribution in [3.05, 3.63) is 82.7 Å². The molecule has 3 N–H and O–H groups in total. The van der Waals surface area contributed by atoms with Gasteiger partial charge in [0.1, 0.15) is 23.6 Å². The van der Waals surface area contributed by atoms with E-state index in [2.05, 4.69) is 63.2 Å². The second kappa shape index (κ2) is 9.06. The standard InChI is InChI=1S/C25H28F2N6O/c1-15-3-4-18(9-16(15)2)21-13-22-25-30-29-23(32(25)7-8-33(22)31-21)5-6-24(34)28-14-17-10-19(26)12-20(27)11-17/h3-4,7-12,21-22,25,30-31H,5-6,13-14H2,1-2H3,(H,28,34). The highest BCUT2D eigenvalue weighted by molar-refractivity contribution is 5.89. The highest BCUT2D eigenvalue weighted by Gasteiger charge is 2.44. The van der Waals surface area contributed by atoms with E-state index in [1.807, 2.05) is 12.4 Å². The van der Waals surface area contributed by atoms with Crippen molar-refractivity contribution in [1.82, 2.24) is 26.1 Å². The average molecular weight is 467 g/mol. The van der Waals surface area contributed by atoms with Crippen LogP contribution in [0.1, 0.15) is 47.6 Å². The number of fused-ring (bicyclic) bond motifs is 3. The Kier molecular flexibility index (Phi) is 5.95. The maximum absolute atomic E-state index is 13.3. The van der Waals surface area contributed by atoms with Crippen LogP contribution in [0, 0.1) is 25.5 Å². The van der Waals surface area contributed by atoms with Gasteiger partial charge in [-0.15, -0.1) is 0 Å². The average Bonchev–Trinajstić information content (AvgIpc) is 3.41. The number of rotatable bonds is 6. The van der Waals surface area contributed by atoms with E-state index in [1.54, 1.807) is 0 Å². The van der Waals surface area contributed by atoms with E-state index >= 15 is 0 Å². The van der Waals surface area contributed by atoms with Crippen LogP contribution < -0.4 is 16.2 Å². The number of nitrogens with one attached hydrogen (secondary N) is 3. The van der Waals surface area contributed by atoms with Crippen LogP contribution in [-0.2, 0) is 11.3 Å². The van der Waals surface area contributed by atoms with Crippen LogP contribution in [-0.4, -0.2) is 33.9 Å². The summed E-state index contributed by atoms with van der Waals surface area (Å²) in [5, 5.41) is 9.34. The van der Waals surface area contributed by atoms with Crippen molar-refractivity contribution in [2.75, 3.05) is 0 Å². The minimum atomic E-state index is -0.659. The number of amides is 1. The number of hydrogen-bond acceptors (Lipinski definition) is 6. The molecule has 9 heteroatoms. The minimum absolute atomic E-state index is 0.0117. The smallest absolute Gasteiger partial charge is 0.220 e. The predicted octanol–water partition coefficient (Wildman–Crippen LogP) is 3.33. The zero-order valence-corrected chi connectivity index (χ0v) is 19.2. The number of carbonyl (C=O) groups is 1. The molecule has 0 aliphatic carbocycles. The molecule has 3 aliphatic heterocycles. The summed E-state index contributed by atoms with van der Waals surface area (Å²) in [6.07, 6.45) is 5.59. The molecule has 3 atom stereocenters. The lowest BCUT2D eigenvalue weighted by Crippen LogP contribution is -2.54. The van der Waals surface area contributed by atoms with E-state index in [-0.39, 0.29) is 37.1 Å². The first-order valence-corrected chi connectivity index (χ1v) is 11.5. The van der Waals surface area contributed by atoms with Crippen LogP contribution in [0.3, 0.4) is 0 Å². The molecule has 3 unspecified atom stereocenters. The summed E-state index contributed by atoms with van der Waals surface area (Å²) >= 11 is 0. The van der Waals surface area contributed by atoms with Crippen molar-refractivity contribution in [2.45, 2.75) is 57.9 Å². The molecule has 0 saturated carbocycles. The summed E-state index contributed by atoms with van der Waals surface area (Å²) in [6.45, 7) is 4.33. The normalized spacial score (nSPS) is 22.8. The van der Waals surface area contributed by atoms with Crippen LogP contribution in [0.2, 0.25) is 0 Å². The van der Waals surface area contributed by atoms with E-state index in [0.717, 1.165) is 18.3 Å². The highest BCUT2D eigenvalue weighted by atomic mass is 19.1. The van der Waals surface area contributed by atoms with Crippen LogP contribution >= 0.6 is 0 Å². The van der Waals surface area contributed by atoms with Gasteiger partial charge in [0.05, 0.1) is 12.1 Å². The molecular formula is C25H28F2N6O. The van der Waals surface area contributed by atoms with Gasteiger partial charge < -0.3 is 15.2 Å². The van der Waals surface area contributed by atoms with Crippen LogP contribution in [0.4, 0.5) is 8.78 Å². The summed E-state index contributed by atoms with van der Waals surface area (Å²) in [6, 6.07) is 10.2. The molecule has 0 spiro atoms. The van der Waals surface area contributed by atoms with Crippen molar-refractivity contribution >= 4 is 11.7 Å². The number of aryl methyl sites for hydroxylation is 2. The van der Waals surface area contributed by atoms with E-state index in [1.165, 1.54) is 28.8 Å². The zero-order valence-electron chi connectivity index (χ0n) is 19.2. The molecular weight excluding hydrogens is 438 g/mol. The Morgan fingerprint density at radius 1 is 1.12 bits per heavy atom. The summed E-state index contributed by atoms with van der Waals surface area (Å²) in [7, 11) is 0. The quantitative estimate of drug-likeness (QED) is 0.609. The Hall–Kier alpha value is -3.46. The molecule has 1 saturated heterocycles. The first-order valence-electron chi connectivity index (χ1n) is 11.5. The van der Waals surface area contributed by atoms with E-state index in [4.69, 9.17) is 0 Å². The number of benzene rings is 2. The molecule has 3 heterocycles. The number of hydrazone groups is 1. The molecule has 178 valence electrons. The Balaban J connectivity index is 1.15. The van der Waals surface area contributed by atoms with Crippen molar-refractivity contribution in [2.24, 2.45) is 5.10 Å². The van der Waals surface area contributed by atoms with Crippen LogP contribution in [0.15, 0.2) is 53.9 Å². The van der Waals surface area contributed by atoms with E-state index < -0.39 is 11.6 Å². The van der Waals surface area contributed by atoms with Gasteiger partial charge in [0.2, 0.25) is 5.91 Å². The molecule has 2 aromatic rings. The number of halogens is 2. The maximum Gasteiger partial charge on any atom is 0.220 e. The minimum Gasteiger partial charge on any atom is -0.352 e. The van der Waals surface area contributed by atoms with Gasteiger partial charge in [0.15, 0.2) is 0 Å². The third-order valence-corrected chi connectivity index (χ3v) is 6.74. The van der Waals surface area contributed by atoms with Crippen molar-refractivity contribution in [1.29, 1.82) is 0 Å². The summed E-state index contributed by atoms with van der Waals surface area (Å²) in [5.74, 6) is -0.722. The molecule has 7 nitrogen and oxygen atoms in total. The fourth-order valence-electron chi connectivity index (χ4n) is 4.74. The zero-order chi connectivity index (χ0) is 23.8. The molecule has 0 aromatic heterocycles. The van der Waals surface area contributed by atoms with Gasteiger partial charge in [0, 0.05) is 37.9 Å².